The van der Waals surface area contributed by atoms with Crippen LogP contribution in [-0.2, 0) is 14.2 Å². The van der Waals surface area contributed by atoms with Crippen LogP contribution in [0, 0.1) is 0 Å². The molecule has 0 rings (SSSR count). The maximum Gasteiger partial charge on any atom is 0.407 e. The Labute approximate surface area is 134 Å². The highest BCUT2D eigenvalue weighted by Gasteiger charge is 2.26. The van der Waals surface area contributed by atoms with Gasteiger partial charge in [-0.3, -0.25) is 4.90 Å². The molecule has 0 aliphatic rings. The number of nitrogens with one attached hydrogen (secondary N) is 1. The molecule has 3 N–H and O–H groups in total. The molecule has 0 saturated heterocycles. The number of methoxy groups -OCH3 is 2. The largest absolute Gasteiger partial charge is 0.444 e. The summed E-state index contributed by atoms with van der Waals surface area (Å²) >= 11 is 0. The van der Waals surface area contributed by atoms with Crippen LogP contribution in [0.1, 0.15) is 27.7 Å². The monoisotopic (exact) mass is 319 g/mol. The van der Waals surface area contributed by atoms with Crippen molar-refractivity contribution in [1.29, 1.82) is 0 Å². The van der Waals surface area contributed by atoms with Crippen molar-refractivity contribution < 1.29 is 19.0 Å². The van der Waals surface area contributed by atoms with Gasteiger partial charge in [-0.05, 0) is 27.7 Å². The van der Waals surface area contributed by atoms with Crippen molar-refractivity contribution in [3.8, 4) is 0 Å². The van der Waals surface area contributed by atoms with Crippen molar-refractivity contribution in [2.45, 2.75) is 45.4 Å². The van der Waals surface area contributed by atoms with Crippen LogP contribution in [0.4, 0.5) is 4.79 Å². The zero-order valence-electron chi connectivity index (χ0n) is 14.8. The Morgan fingerprint density at radius 1 is 1.18 bits per heavy atom. The SMILES string of the molecule is COCCN(CCOC)C(CN)C(C)NC(=O)OC(C)(C)C. The molecule has 2 atom stereocenters. The summed E-state index contributed by atoms with van der Waals surface area (Å²) in [6.07, 6.45) is -0.433. The molecule has 2 unspecified atom stereocenters. The Balaban J connectivity index is 4.67. The maximum absolute atomic E-state index is 11.9. The van der Waals surface area contributed by atoms with E-state index in [1.807, 2.05) is 27.7 Å². The van der Waals surface area contributed by atoms with Gasteiger partial charge in [0.25, 0.3) is 0 Å². The van der Waals surface area contributed by atoms with E-state index < -0.39 is 11.7 Å². The lowest BCUT2D eigenvalue weighted by molar-refractivity contribution is 0.0432. The number of amides is 1. The van der Waals surface area contributed by atoms with Gasteiger partial charge >= 0.3 is 6.09 Å². The molecule has 0 aromatic carbocycles. The van der Waals surface area contributed by atoms with E-state index in [0.29, 0.717) is 19.8 Å². The number of carbonyl (C=O) groups is 1. The predicted octanol–water partition coefficient (Wildman–Crippen LogP) is 0.822. The van der Waals surface area contributed by atoms with Crippen LogP contribution in [0.5, 0.6) is 0 Å². The van der Waals surface area contributed by atoms with Crippen LogP contribution >= 0.6 is 0 Å². The second-order valence-electron chi connectivity index (χ2n) is 6.26. The summed E-state index contributed by atoms with van der Waals surface area (Å²) in [5, 5.41) is 2.86. The van der Waals surface area contributed by atoms with Gasteiger partial charge in [0.15, 0.2) is 0 Å². The second-order valence-corrected chi connectivity index (χ2v) is 6.26. The number of nitrogens with two attached hydrogens (primary N) is 1. The van der Waals surface area contributed by atoms with Crippen LogP contribution in [0.2, 0.25) is 0 Å². The van der Waals surface area contributed by atoms with E-state index in [-0.39, 0.29) is 12.1 Å². The van der Waals surface area contributed by atoms with E-state index in [0.717, 1.165) is 13.1 Å². The first-order valence-corrected chi connectivity index (χ1v) is 7.66. The number of hydrogen-bond donors (Lipinski definition) is 2. The summed E-state index contributed by atoms with van der Waals surface area (Å²) in [7, 11) is 3.32. The zero-order valence-corrected chi connectivity index (χ0v) is 14.8. The van der Waals surface area contributed by atoms with Crippen LogP contribution in [0.3, 0.4) is 0 Å². The third-order valence-corrected chi connectivity index (χ3v) is 3.20. The highest BCUT2D eigenvalue weighted by molar-refractivity contribution is 5.68. The fourth-order valence-corrected chi connectivity index (χ4v) is 2.12. The van der Waals surface area contributed by atoms with Gasteiger partial charge in [0, 0.05) is 45.9 Å². The number of carbonyl (C=O) groups excluding carboxylic acids is 1. The fourth-order valence-electron chi connectivity index (χ4n) is 2.12. The smallest absolute Gasteiger partial charge is 0.407 e. The van der Waals surface area contributed by atoms with Crippen molar-refractivity contribution >= 4 is 6.09 Å². The Bertz CT molecular complexity index is 300. The minimum absolute atomic E-state index is 0.0159. The summed E-state index contributed by atoms with van der Waals surface area (Å²) in [6, 6.07) is -0.161. The molecule has 0 bridgehead atoms. The third kappa shape index (κ3) is 9.19. The minimum Gasteiger partial charge on any atom is -0.444 e. The molecule has 0 fully saturated rings. The van der Waals surface area contributed by atoms with Crippen LogP contribution < -0.4 is 11.1 Å². The van der Waals surface area contributed by atoms with Crippen LogP contribution in [-0.4, -0.2) is 75.7 Å². The van der Waals surface area contributed by atoms with Crippen LogP contribution in [0.25, 0.3) is 0 Å². The molecule has 0 radical (unpaired) electrons. The highest BCUT2D eigenvalue weighted by atomic mass is 16.6. The number of hydrogen-bond acceptors (Lipinski definition) is 6. The lowest BCUT2D eigenvalue weighted by Gasteiger charge is -2.35. The third-order valence-electron chi connectivity index (χ3n) is 3.20. The molecule has 0 spiro atoms. The molecule has 0 aliphatic carbocycles. The van der Waals surface area contributed by atoms with E-state index in [1.165, 1.54) is 0 Å². The van der Waals surface area contributed by atoms with Gasteiger partial charge < -0.3 is 25.3 Å². The normalized spacial score (nSPS) is 14.7. The van der Waals surface area contributed by atoms with Gasteiger partial charge in [-0.15, -0.1) is 0 Å². The Morgan fingerprint density at radius 2 is 1.68 bits per heavy atom. The van der Waals surface area contributed by atoms with E-state index in [9.17, 15) is 4.79 Å². The van der Waals surface area contributed by atoms with E-state index in [2.05, 4.69) is 10.2 Å². The first-order valence-electron chi connectivity index (χ1n) is 7.66. The van der Waals surface area contributed by atoms with Gasteiger partial charge in [0.05, 0.1) is 13.2 Å². The first kappa shape index (κ1) is 21.1. The van der Waals surface area contributed by atoms with Gasteiger partial charge in [-0.25, -0.2) is 4.79 Å². The van der Waals surface area contributed by atoms with Gasteiger partial charge in [-0.2, -0.15) is 0 Å². The number of ether oxygens (including phenoxy) is 3. The topological polar surface area (TPSA) is 86.0 Å². The average Bonchev–Trinajstić information content (AvgIpc) is 2.39. The fraction of sp³-hybridized carbons (Fsp3) is 0.933. The van der Waals surface area contributed by atoms with E-state index in [4.69, 9.17) is 19.9 Å². The van der Waals surface area contributed by atoms with Crippen molar-refractivity contribution in [2.24, 2.45) is 5.73 Å². The molecule has 0 aliphatic heterocycles. The summed E-state index contributed by atoms with van der Waals surface area (Å²) in [6.45, 7) is 10.5. The van der Waals surface area contributed by atoms with E-state index >= 15 is 0 Å². The van der Waals surface area contributed by atoms with Crippen molar-refractivity contribution in [2.75, 3.05) is 47.1 Å². The molecule has 1 amide bonds. The summed E-state index contributed by atoms with van der Waals surface area (Å²) in [5.41, 5.74) is 5.39. The molecular formula is C15H33N3O4. The Kier molecular flexibility index (Phi) is 10.3. The molecular weight excluding hydrogens is 286 g/mol. The summed E-state index contributed by atoms with van der Waals surface area (Å²) < 4.78 is 15.6. The molecule has 7 nitrogen and oxygen atoms in total. The molecule has 7 heteroatoms. The second kappa shape index (κ2) is 10.8. The van der Waals surface area contributed by atoms with Crippen molar-refractivity contribution in [3.05, 3.63) is 0 Å². The van der Waals surface area contributed by atoms with Gasteiger partial charge in [0.1, 0.15) is 5.60 Å². The maximum atomic E-state index is 11.9. The number of rotatable bonds is 10. The molecule has 0 aromatic rings. The quantitative estimate of drug-likeness (QED) is 0.620. The number of alkyl carbamates (subject to hydrolysis) is 1. The lowest BCUT2D eigenvalue weighted by atomic mass is 10.1. The molecule has 0 aromatic heterocycles. The van der Waals surface area contributed by atoms with Gasteiger partial charge in [-0.1, -0.05) is 0 Å². The Morgan fingerprint density at radius 3 is 2.05 bits per heavy atom. The van der Waals surface area contributed by atoms with Gasteiger partial charge in [0.2, 0.25) is 0 Å². The minimum atomic E-state index is -0.520. The van der Waals surface area contributed by atoms with Crippen molar-refractivity contribution in [3.63, 3.8) is 0 Å². The highest BCUT2D eigenvalue weighted by Crippen LogP contribution is 2.09. The molecule has 132 valence electrons. The molecule has 0 heterocycles. The first-order chi connectivity index (χ1) is 10.2. The molecule has 0 saturated carbocycles. The lowest BCUT2D eigenvalue weighted by Crippen LogP contribution is -2.55. The standard InChI is InChI=1S/C15H33N3O4/c1-12(17-14(19)22-15(2,3)4)13(11-16)18(7-9-20-5)8-10-21-6/h12-13H,7-11,16H2,1-6H3,(H,17,19). The van der Waals surface area contributed by atoms with Crippen LogP contribution in [0.15, 0.2) is 0 Å². The van der Waals surface area contributed by atoms with E-state index in [1.54, 1.807) is 14.2 Å². The molecule has 22 heavy (non-hydrogen) atoms. The van der Waals surface area contributed by atoms with Crippen molar-refractivity contribution in [1.82, 2.24) is 10.2 Å². The summed E-state index contributed by atoms with van der Waals surface area (Å²) in [5.74, 6) is 0. The summed E-state index contributed by atoms with van der Waals surface area (Å²) in [4.78, 5) is 14.1. The number of nitrogens with zero attached hydrogens (tertiary/aromatic N) is 1. The average molecular weight is 319 g/mol. The Hall–Kier alpha value is -0.890. The predicted molar refractivity (Wildman–Crippen MR) is 87.0 cm³/mol. The zero-order chi connectivity index (χ0) is 17.2.